The molecule has 0 saturated heterocycles. The molecule has 214 valence electrons. The van der Waals surface area contributed by atoms with E-state index in [1.54, 1.807) is 0 Å². The van der Waals surface area contributed by atoms with Crippen LogP contribution in [0.25, 0.3) is 10.9 Å². The number of fused-ring (bicyclic) bond motifs is 1. The number of halogens is 4. The normalized spacial score (nSPS) is 18.0. The summed E-state index contributed by atoms with van der Waals surface area (Å²) in [4.78, 5) is 8.64. The molecule has 8 nitrogen and oxygen atoms in total. The number of nitrogens with zero attached hydrogens (tertiary/aromatic N) is 2. The standard InChI is InChI=1S/C25H30ClF3N6O2S.CH4/c26-20-10-9-18(25(27,28)29)13-22(20)38(36,37)33-15-17-7-5-16(6-8-17)14-32-24-34-21-4-2-1-3-19(21)23(35-24)31-12-11-30;/h1-4,9-10,13,16-17,33H,5-8,11-12,14-15,30H2,(H2,31,32,34,35);1H4. The number of para-hydroxylation sites is 1. The summed E-state index contributed by atoms with van der Waals surface area (Å²) in [5.74, 6) is 1.68. The molecular weight excluding hydrogens is 553 g/mol. The highest BCUT2D eigenvalue weighted by Crippen LogP contribution is 2.34. The van der Waals surface area contributed by atoms with E-state index in [0.717, 1.165) is 54.5 Å². The molecule has 39 heavy (non-hydrogen) atoms. The van der Waals surface area contributed by atoms with Crippen molar-refractivity contribution in [1.82, 2.24) is 14.7 Å². The lowest BCUT2D eigenvalue weighted by atomic mass is 9.82. The summed E-state index contributed by atoms with van der Waals surface area (Å²) in [7, 11) is -4.19. The van der Waals surface area contributed by atoms with Gasteiger partial charge in [0.25, 0.3) is 0 Å². The van der Waals surface area contributed by atoms with Gasteiger partial charge in [-0.1, -0.05) is 31.2 Å². The molecular formula is C26H34ClF3N6O2S. The zero-order valence-corrected chi connectivity index (χ0v) is 22.1. The van der Waals surface area contributed by atoms with E-state index in [9.17, 15) is 21.6 Å². The number of rotatable bonds is 10. The Kier molecular flexibility index (Phi) is 10.4. The zero-order valence-electron chi connectivity index (χ0n) is 20.6. The van der Waals surface area contributed by atoms with Crippen molar-refractivity contribution in [2.24, 2.45) is 17.6 Å². The summed E-state index contributed by atoms with van der Waals surface area (Å²) in [5, 5.41) is 7.23. The van der Waals surface area contributed by atoms with Crippen LogP contribution in [-0.2, 0) is 16.2 Å². The quantitative estimate of drug-likeness (QED) is 0.247. The van der Waals surface area contributed by atoms with Crippen molar-refractivity contribution in [3.05, 3.63) is 53.1 Å². The molecule has 0 aliphatic heterocycles. The predicted octanol–water partition coefficient (Wildman–Crippen LogP) is 5.51. The Morgan fingerprint density at radius 1 is 0.974 bits per heavy atom. The predicted molar refractivity (Wildman–Crippen MR) is 149 cm³/mol. The highest BCUT2D eigenvalue weighted by Gasteiger charge is 2.33. The molecule has 1 saturated carbocycles. The largest absolute Gasteiger partial charge is 0.416 e. The van der Waals surface area contributed by atoms with Gasteiger partial charge in [0.15, 0.2) is 0 Å². The first-order chi connectivity index (χ1) is 18.1. The molecule has 0 radical (unpaired) electrons. The number of nitrogens with two attached hydrogens (primary N) is 1. The molecule has 1 aliphatic carbocycles. The van der Waals surface area contributed by atoms with Crippen LogP contribution in [-0.4, -0.2) is 44.6 Å². The van der Waals surface area contributed by atoms with Crippen molar-refractivity contribution in [3.63, 3.8) is 0 Å². The minimum Gasteiger partial charge on any atom is -0.368 e. The molecule has 5 N–H and O–H groups in total. The third-order valence-corrected chi connectivity index (χ3v) is 8.57. The topological polar surface area (TPSA) is 122 Å². The number of benzene rings is 2. The Bertz CT molecular complexity index is 1370. The molecule has 0 bridgehead atoms. The SMILES string of the molecule is C.NCCNc1nc(NCC2CCC(CNS(=O)(=O)c3cc(C(F)(F)F)ccc3Cl)CC2)nc2ccccc12. The molecule has 2 aromatic carbocycles. The van der Waals surface area contributed by atoms with E-state index in [0.29, 0.717) is 37.6 Å². The molecule has 3 aromatic rings. The summed E-state index contributed by atoms with van der Waals surface area (Å²) < 4.78 is 66.9. The lowest BCUT2D eigenvalue weighted by molar-refractivity contribution is -0.137. The van der Waals surface area contributed by atoms with E-state index in [-0.39, 0.29) is 24.9 Å². The van der Waals surface area contributed by atoms with Crippen LogP contribution >= 0.6 is 11.6 Å². The molecule has 1 aliphatic rings. The van der Waals surface area contributed by atoms with Gasteiger partial charge in [-0.25, -0.2) is 18.1 Å². The summed E-state index contributed by atoms with van der Waals surface area (Å²) in [6, 6.07) is 10.0. The maximum Gasteiger partial charge on any atom is 0.416 e. The minimum atomic E-state index is -4.66. The highest BCUT2D eigenvalue weighted by atomic mass is 35.5. The van der Waals surface area contributed by atoms with E-state index in [1.807, 2.05) is 24.3 Å². The van der Waals surface area contributed by atoms with Crippen molar-refractivity contribution in [2.75, 3.05) is 36.8 Å². The average Bonchev–Trinajstić information content (AvgIpc) is 2.89. The van der Waals surface area contributed by atoms with Crippen molar-refractivity contribution in [1.29, 1.82) is 0 Å². The van der Waals surface area contributed by atoms with Gasteiger partial charge in [0.1, 0.15) is 10.7 Å². The Hall–Kier alpha value is -2.67. The summed E-state index contributed by atoms with van der Waals surface area (Å²) in [6.45, 7) is 1.88. The Balaban J connectivity index is 0.00000420. The lowest BCUT2D eigenvalue weighted by Gasteiger charge is -2.28. The molecule has 0 spiro atoms. The fourth-order valence-corrected chi connectivity index (χ4v) is 6.19. The average molecular weight is 587 g/mol. The Labute approximate surface area is 232 Å². The fourth-order valence-electron chi connectivity index (χ4n) is 4.55. The van der Waals surface area contributed by atoms with Gasteiger partial charge in [0.05, 0.1) is 16.1 Å². The van der Waals surface area contributed by atoms with Gasteiger partial charge in [-0.05, 0) is 67.9 Å². The van der Waals surface area contributed by atoms with Crippen LogP contribution in [0.2, 0.25) is 5.02 Å². The molecule has 1 aromatic heterocycles. The van der Waals surface area contributed by atoms with Gasteiger partial charge in [0.2, 0.25) is 16.0 Å². The number of hydrogen-bond acceptors (Lipinski definition) is 7. The van der Waals surface area contributed by atoms with Gasteiger partial charge in [-0.15, -0.1) is 0 Å². The molecule has 13 heteroatoms. The maximum absolute atomic E-state index is 13.0. The van der Waals surface area contributed by atoms with Crippen LogP contribution in [0.5, 0.6) is 0 Å². The van der Waals surface area contributed by atoms with Crippen molar-refractivity contribution >= 4 is 44.3 Å². The molecule has 4 rings (SSSR count). The van der Waals surface area contributed by atoms with E-state index in [2.05, 4.69) is 25.3 Å². The highest BCUT2D eigenvalue weighted by molar-refractivity contribution is 7.89. The van der Waals surface area contributed by atoms with Gasteiger partial charge < -0.3 is 16.4 Å². The molecule has 0 unspecified atom stereocenters. The van der Waals surface area contributed by atoms with Crippen molar-refractivity contribution in [3.8, 4) is 0 Å². The van der Waals surface area contributed by atoms with Gasteiger partial charge in [0, 0.05) is 31.6 Å². The van der Waals surface area contributed by atoms with E-state index in [1.165, 1.54) is 0 Å². The number of anilines is 2. The molecule has 0 amide bonds. The summed E-state index contributed by atoms with van der Waals surface area (Å²) in [5.41, 5.74) is 5.38. The van der Waals surface area contributed by atoms with Crippen LogP contribution in [0.4, 0.5) is 24.9 Å². The van der Waals surface area contributed by atoms with Gasteiger partial charge in [-0.2, -0.15) is 18.2 Å². The van der Waals surface area contributed by atoms with E-state index in [4.69, 9.17) is 17.3 Å². The zero-order chi connectivity index (χ0) is 27.3. The number of hydrogen-bond donors (Lipinski definition) is 4. The monoisotopic (exact) mass is 586 g/mol. The maximum atomic E-state index is 13.0. The van der Waals surface area contributed by atoms with Gasteiger partial charge >= 0.3 is 6.18 Å². The third kappa shape index (κ3) is 7.93. The second-order valence-corrected chi connectivity index (χ2v) is 11.5. The Morgan fingerprint density at radius 2 is 1.64 bits per heavy atom. The number of aromatic nitrogens is 2. The second kappa shape index (κ2) is 13.1. The first kappa shape index (κ1) is 30.9. The number of nitrogens with one attached hydrogen (secondary N) is 3. The van der Waals surface area contributed by atoms with Crippen LogP contribution in [0.3, 0.4) is 0 Å². The molecule has 1 heterocycles. The molecule has 1 fully saturated rings. The molecule has 0 atom stereocenters. The van der Waals surface area contributed by atoms with Crippen LogP contribution in [0.1, 0.15) is 38.7 Å². The lowest BCUT2D eigenvalue weighted by Crippen LogP contribution is -2.32. The van der Waals surface area contributed by atoms with Gasteiger partial charge in [-0.3, -0.25) is 0 Å². The van der Waals surface area contributed by atoms with Crippen molar-refractivity contribution < 1.29 is 21.6 Å². The smallest absolute Gasteiger partial charge is 0.368 e. The van der Waals surface area contributed by atoms with Crippen LogP contribution in [0.15, 0.2) is 47.4 Å². The van der Waals surface area contributed by atoms with Crippen LogP contribution in [0, 0.1) is 11.8 Å². The fraction of sp³-hybridized carbons (Fsp3) is 0.462. The first-order valence-electron chi connectivity index (χ1n) is 12.4. The third-order valence-electron chi connectivity index (χ3n) is 6.67. The Morgan fingerprint density at radius 3 is 2.31 bits per heavy atom. The van der Waals surface area contributed by atoms with Crippen molar-refractivity contribution in [2.45, 2.75) is 44.2 Å². The minimum absolute atomic E-state index is 0. The summed E-state index contributed by atoms with van der Waals surface area (Å²) >= 11 is 5.91. The number of sulfonamides is 1. The van der Waals surface area contributed by atoms with E-state index < -0.39 is 26.7 Å². The number of alkyl halides is 3. The van der Waals surface area contributed by atoms with Crippen LogP contribution < -0.4 is 21.1 Å². The second-order valence-electron chi connectivity index (χ2n) is 9.39. The van der Waals surface area contributed by atoms with E-state index >= 15 is 0 Å². The first-order valence-corrected chi connectivity index (χ1v) is 14.2. The summed E-state index contributed by atoms with van der Waals surface area (Å²) in [6.07, 6.45) is -1.35.